The topological polar surface area (TPSA) is 93.3 Å². The van der Waals surface area contributed by atoms with Gasteiger partial charge in [-0.05, 0) is 24.6 Å². The van der Waals surface area contributed by atoms with Crippen LogP contribution in [-0.4, -0.2) is 15.2 Å². The summed E-state index contributed by atoms with van der Waals surface area (Å²) in [5, 5.41) is 19.2. The number of thioether (sulfide) groups is 1. The van der Waals surface area contributed by atoms with E-state index in [4.69, 9.17) is 5.26 Å². The molecule has 1 atom stereocenters. The van der Waals surface area contributed by atoms with Crippen LogP contribution < -0.4 is 5.56 Å². The van der Waals surface area contributed by atoms with Crippen molar-refractivity contribution in [1.29, 1.82) is 10.5 Å². The van der Waals surface area contributed by atoms with Gasteiger partial charge in [-0.15, -0.1) is 0 Å². The van der Waals surface area contributed by atoms with Gasteiger partial charge in [-0.2, -0.15) is 10.5 Å². The van der Waals surface area contributed by atoms with Crippen molar-refractivity contribution in [2.75, 3.05) is 0 Å². The molecular weight excluding hydrogens is 327 g/mol. The molecular formula is C17H15FN4OS. The Labute approximate surface area is 143 Å². The first-order chi connectivity index (χ1) is 11.4. The van der Waals surface area contributed by atoms with Crippen LogP contribution in [0.2, 0.25) is 0 Å². The molecule has 0 amide bonds. The summed E-state index contributed by atoms with van der Waals surface area (Å²) >= 11 is 1.38. The fourth-order valence-electron chi connectivity index (χ4n) is 2.19. The van der Waals surface area contributed by atoms with Crippen LogP contribution in [0.15, 0.2) is 28.2 Å². The first kappa shape index (κ1) is 17.7. The van der Waals surface area contributed by atoms with Gasteiger partial charge in [0.25, 0.3) is 5.56 Å². The standard InChI is InChI=1S/C17H15FN4OS/c1-9(2)24-17-21-15(10(3)16(23)22-17)13(8-20)11-4-5-14(18)12(6-11)7-19/h4-6,9,13H,1-3H3,(H,21,22,23). The first-order valence-corrected chi connectivity index (χ1v) is 8.12. The molecule has 122 valence electrons. The lowest BCUT2D eigenvalue weighted by Gasteiger charge is -2.14. The molecule has 0 fully saturated rings. The molecule has 0 saturated carbocycles. The zero-order valence-electron chi connectivity index (χ0n) is 13.4. The Morgan fingerprint density at radius 2 is 2.04 bits per heavy atom. The van der Waals surface area contributed by atoms with Crippen LogP contribution >= 0.6 is 11.8 Å². The Bertz CT molecular complexity index is 908. The van der Waals surface area contributed by atoms with E-state index in [1.165, 1.54) is 23.9 Å². The minimum absolute atomic E-state index is 0.146. The molecule has 0 spiro atoms. The summed E-state index contributed by atoms with van der Waals surface area (Å²) < 4.78 is 13.5. The minimum Gasteiger partial charge on any atom is -0.301 e. The molecule has 0 radical (unpaired) electrons. The number of nitrogens with one attached hydrogen (secondary N) is 1. The van der Waals surface area contributed by atoms with Crippen molar-refractivity contribution in [2.24, 2.45) is 0 Å². The highest BCUT2D eigenvalue weighted by atomic mass is 32.2. The maximum Gasteiger partial charge on any atom is 0.254 e. The van der Waals surface area contributed by atoms with Crippen LogP contribution in [0.4, 0.5) is 4.39 Å². The van der Waals surface area contributed by atoms with Gasteiger partial charge in [0, 0.05) is 10.8 Å². The molecule has 2 rings (SSSR count). The van der Waals surface area contributed by atoms with E-state index in [-0.39, 0.29) is 16.4 Å². The van der Waals surface area contributed by atoms with E-state index in [1.54, 1.807) is 13.0 Å². The highest BCUT2D eigenvalue weighted by Crippen LogP contribution is 2.27. The number of benzene rings is 1. The second kappa shape index (κ2) is 7.29. The average molecular weight is 342 g/mol. The Morgan fingerprint density at radius 3 is 2.62 bits per heavy atom. The highest BCUT2D eigenvalue weighted by molar-refractivity contribution is 7.99. The van der Waals surface area contributed by atoms with E-state index in [2.05, 4.69) is 16.0 Å². The van der Waals surface area contributed by atoms with Gasteiger partial charge in [0.2, 0.25) is 0 Å². The Kier molecular flexibility index (Phi) is 5.38. The second-order valence-corrected chi connectivity index (χ2v) is 7.03. The SMILES string of the molecule is Cc1c(C(C#N)c2ccc(F)c(C#N)c2)nc(SC(C)C)[nH]c1=O. The number of hydrogen-bond donors (Lipinski definition) is 1. The zero-order valence-corrected chi connectivity index (χ0v) is 14.2. The Morgan fingerprint density at radius 1 is 1.33 bits per heavy atom. The molecule has 24 heavy (non-hydrogen) atoms. The first-order valence-electron chi connectivity index (χ1n) is 7.24. The molecule has 0 aliphatic rings. The molecule has 0 bridgehead atoms. The van der Waals surface area contributed by atoms with Gasteiger partial charge in [-0.3, -0.25) is 4.79 Å². The van der Waals surface area contributed by atoms with Gasteiger partial charge in [-0.1, -0.05) is 31.7 Å². The second-order valence-electron chi connectivity index (χ2n) is 5.46. The Balaban J connectivity index is 2.59. The lowest BCUT2D eigenvalue weighted by Crippen LogP contribution is -2.18. The van der Waals surface area contributed by atoms with Crippen molar-refractivity contribution in [3.05, 3.63) is 56.8 Å². The number of aromatic amines is 1. The van der Waals surface area contributed by atoms with E-state index >= 15 is 0 Å². The summed E-state index contributed by atoms with van der Waals surface area (Å²) in [6.07, 6.45) is 0. The Hall–Kier alpha value is -2.64. The minimum atomic E-state index is -0.855. The van der Waals surface area contributed by atoms with Crippen molar-refractivity contribution in [3.63, 3.8) is 0 Å². The van der Waals surface area contributed by atoms with Gasteiger partial charge in [-0.25, -0.2) is 9.37 Å². The normalized spacial score (nSPS) is 11.8. The highest BCUT2D eigenvalue weighted by Gasteiger charge is 2.22. The maximum absolute atomic E-state index is 13.5. The smallest absolute Gasteiger partial charge is 0.254 e. The van der Waals surface area contributed by atoms with Crippen LogP contribution in [0, 0.1) is 35.4 Å². The lowest BCUT2D eigenvalue weighted by molar-refractivity contribution is 0.622. The number of halogens is 1. The summed E-state index contributed by atoms with van der Waals surface area (Å²) in [4.78, 5) is 19.2. The number of hydrogen-bond acceptors (Lipinski definition) is 5. The van der Waals surface area contributed by atoms with Crippen molar-refractivity contribution >= 4 is 11.8 Å². The number of rotatable bonds is 4. The van der Waals surface area contributed by atoms with Crippen molar-refractivity contribution in [2.45, 2.75) is 37.1 Å². The van der Waals surface area contributed by atoms with Crippen molar-refractivity contribution < 1.29 is 4.39 Å². The molecule has 5 nitrogen and oxygen atoms in total. The van der Waals surface area contributed by atoms with Crippen molar-refractivity contribution in [3.8, 4) is 12.1 Å². The summed E-state index contributed by atoms with van der Waals surface area (Å²) in [6, 6.07) is 7.75. The van der Waals surface area contributed by atoms with Crippen molar-refractivity contribution in [1.82, 2.24) is 9.97 Å². The van der Waals surface area contributed by atoms with Gasteiger partial charge < -0.3 is 4.98 Å². The van der Waals surface area contributed by atoms with Crippen LogP contribution in [0.25, 0.3) is 0 Å². The number of H-pyrrole nitrogens is 1. The molecule has 1 aromatic carbocycles. The van der Waals surface area contributed by atoms with E-state index in [9.17, 15) is 14.4 Å². The van der Waals surface area contributed by atoms with Gasteiger partial charge >= 0.3 is 0 Å². The van der Waals surface area contributed by atoms with E-state index < -0.39 is 11.7 Å². The summed E-state index contributed by atoms with van der Waals surface area (Å²) in [6.45, 7) is 5.51. The van der Waals surface area contributed by atoms with Crippen LogP contribution in [0.5, 0.6) is 0 Å². The van der Waals surface area contributed by atoms with E-state index in [0.717, 1.165) is 6.07 Å². The number of aromatic nitrogens is 2. The largest absolute Gasteiger partial charge is 0.301 e. The maximum atomic E-state index is 13.5. The van der Waals surface area contributed by atoms with E-state index in [1.807, 2.05) is 13.8 Å². The monoisotopic (exact) mass is 342 g/mol. The van der Waals surface area contributed by atoms with Crippen LogP contribution in [-0.2, 0) is 0 Å². The van der Waals surface area contributed by atoms with Crippen LogP contribution in [0.1, 0.15) is 42.1 Å². The molecule has 1 N–H and O–H groups in total. The zero-order chi connectivity index (χ0) is 17.9. The number of nitriles is 2. The number of nitrogens with zero attached hydrogens (tertiary/aromatic N) is 3. The van der Waals surface area contributed by atoms with Gasteiger partial charge in [0.1, 0.15) is 17.8 Å². The molecule has 2 aromatic rings. The lowest BCUT2D eigenvalue weighted by atomic mass is 9.93. The fraction of sp³-hybridized carbons (Fsp3) is 0.294. The third-order valence-corrected chi connectivity index (χ3v) is 4.25. The van der Waals surface area contributed by atoms with E-state index in [0.29, 0.717) is 22.0 Å². The quantitative estimate of drug-likeness (QED) is 0.680. The molecule has 1 unspecified atom stereocenters. The van der Waals surface area contributed by atoms with Gasteiger partial charge in [0.15, 0.2) is 5.16 Å². The summed E-state index contributed by atoms with van der Waals surface area (Å²) in [7, 11) is 0. The summed E-state index contributed by atoms with van der Waals surface area (Å²) in [5.74, 6) is -1.50. The van der Waals surface area contributed by atoms with Gasteiger partial charge in [0.05, 0.1) is 17.3 Å². The molecule has 1 aromatic heterocycles. The third kappa shape index (κ3) is 3.64. The fourth-order valence-corrected chi connectivity index (χ4v) is 2.94. The molecule has 0 aliphatic heterocycles. The average Bonchev–Trinajstić information content (AvgIpc) is 2.53. The third-order valence-electron chi connectivity index (χ3n) is 3.36. The molecule has 0 aliphatic carbocycles. The predicted molar refractivity (Wildman–Crippen MR) is 89.2 cm³/mol. The molecule has 0 saturated heterocycles. The van der Waals surface area contributed by atoms with Crippen LogP contribution in [0.3, 0.4) is 0 Å². The predicted octanol–water partition coefficient (Wildman–Crippen LogP) is 3.25. The summed E-state index contributed by atoms with van der Waals surface area (Å²) in [5.41, 5.74) is 0.618. The molecule has 1 heterocycles. The molecule has 7 heteroatoms.